The highest BCUT2D eigenvalue weighted by Crippen LogP contribution is 2.39. The van der Waals surface area contributed by atoms with Crippen molar-refractivity contribution in [2.75, 3.05) is 19.6 Å². The lowest BCUT2D eigenvalue weighted by molar-refractivity contribution is -0.139. The highest BCUT2D eigenvalue weighted by molar-refractivity contribution is 7.92. The summed E-state index contributed by atoms with van der Waals surface area (Å²) in [6, 6.07) is 4.75. The molecule has 0 spiro atoms. The SMILES string of the molecule is N#CC1(NC(=O)C2CC(S(=O)(=O)c3ccccc3C(F)(F)F)CN2C2CCN(C(=O)O)CC2)CC1. The molecule has 1 aromatic carbocycles. The van der Waals surface area contributed by atoms with E-state index in [1.54, 1.807) is 4.90 Å². The molecular formula is C22H25F3N4O5S. The number of hydrogen-bond acceptors (Lipinski definition) is 6. The number of halogens is 3. The van der Waals surface area contributed by atoms with Gasteiger partial charge in [-0.3, -0.25) is 9.69 Å². The van der Waals surface area contributed by atoms with E-state index < -0.39 is 55.3 Å². The number of carbonyl (C=O) groups is 2. The third-order valence-corrected chi connectivity index (χ3v) is 9.26. The number of alkyl halides is 3. The van der Waals surface area contributed by atoms with Gasteiger partial charge < -0.3 is 15.3 Å². The van der Waals surface area contributed by atoms with Crippen LogP contribution in [0.1, 0.15) is 37.7 Å². The smallest absolute Gasteiger partial charge is 0.417 e. The van der Waals surface area contributed by atoms with E-state index in [1.165, 1.54) is 11.0 Å². The van der Waals surface area contributed by atoms with Crippen molar-refractivity contribution in [3.05, 3.63) is 29.8 Å². The van der Waals surface area contributed by atoms with Crippen molar-refractivity contribution in [1.82, 2.24) is 15.1 Å². The van der Waals surface area contributed by atoms with Gasteiger partial charge in [-0.1, -0.05) is 12.1 Å². The first kappa shape index (κ1) is 25.2. The van der Waals surface area contributed by atoms with Crippen LogP contribution in [-0.4, -0.2) is 77.8 Å². The molecule has 1 aliphatic carbocycles. The Bertz CT molecular complexity index is 1150. The number of nitriles is 1. The van der Waals surface area contributed by atoms with E-state index in [1.807, 2.05) is 6.07 Å². The van der Waals surface area contributed by atoms with Crippen LogP contribution < -0.4 is 5.32 Å². The number of nitrogens with zero attached hydrogens (tertiary/aromatic N) is 3. The Balaban J connectivity index is 1.62. The molecule has 0 bridgehead atoms. The molecule has 190 valence electrons. The number of amides is 2. The third kappa shape index (κ3) is 4.95. The Hall–Kier alpha value is -2.85. The van der Waals surface area contributed by atoms with Gasteiger partial charge >= 0.3 is 12.3 Å². The second-order valence-corrected chi connectivity index (χ2v) is 11.5. The zero-order chi connectivity index (χ0) is 25.6. The Morgan fingerprint density at radius 2 is 1.80 bits per heavy atom. The lowest BCUT2D eigenvalue weighted by Crippen LogP contribution is -2.53. The molecule has 2 N–H and O–H groups in total. The molecule has 3 fully saturated rings. The molecule has 35 heavy (non-hydrogen) atoms. The Morgan fingerprint density at radius 3 is 2.34 bits per heavy atom. The molecule has 1 saturated carbocycles. The summed E-state index contributed by atoms with van der Waals surface area (Å²) < 4.78 is 67.4. The minimum atomic E-state index is -4.87. The van der Waals surface area contributed by atoms with Crippen LogP contribution in [-0.2, 0) is 20.8 Å². The maximum atomic E-state index is 13.5. The van der Waals surface area contributed by atoms with Gasteiger partial charge in [0.05, 0.1) is 27.8 Å². The van der Waals surface area contributed by atoms with E-state index >= 15 is 0 Å². The Morgan fingerprint density at radius 1 is 1.17 bits per heavy atom. The van der Waals surface area contributed by atoms with Crippen molar-refractivity contribution in [2.45, 2.75) is 66.0 Å². The summed E-state index contributed by atoms with van der Waals surface area (Å²) in [7, 11) is -4.46. The van der Waals surface area contributed by atoms with Crippen LogP contribution in [0.15, 0.2) is 29.2 Å². The van der Waals surface area contributed by atoms with Crippen LogP contribution in [0.2, 0.25) is 0 Å². The molecule has 0 aromatic heterocycles. The Labute approximate surface area is 200 Å². The maximum Gasteiger partial charge on any atom is 0.417 e. The van der Waals surface area contributed by atoms with E-state index in [0.717, 1.165) is 18.2 Å². The summed E-state index contributed by atoms with van der Waals surface area (Å²) in [4.78, 5) is 26.5. The number of benzene rings is 1. The van der Waals surface area contributed by atoms with Crippen LogP contribution in [0.4, 0.5) is 18.0 Å². The normalized spacial score (nSPS) is 25.1. The number of nitrogens with one attached hydrogen (secondary N) is 1. The van der Waals surface area contributed by atoms with Gasteiger partial charge in [0.2, 0.25) is 5.91 Å². The number of piperidine rings is 1. The zero-order valence-corrected chi connectivity index (χ0v) is 19.5. The van der Waals surface area contributed by atoms with Gasteiger partial charge in [-0.25, -0.2) is 13.2 Å². The average molecular weight is 515 g/mol. The van der Waals surface area contributed by atoms with Gasteiger partial charge in [-0.05, 0) is 44.2 Å². The van der Waals surface area contributed by atoms with Crippen LogP contribution >= 0.6 is 0 Å². The Kier molecular flexibility index (Phi) is 6.48. The van der Waals surface area contributed by atoms with E-state index in [0.29, 0.717) is 25.7 Å². The summed E-state index contributed by atoms with van der Waals surface area (Å²) >= 11 is 0. The molecule has 0 radical (unpaired) electrons. The number of rotatable bonds is 5. The molecule has 2 atom stereocenters. The topological polar surface area (TPSA) is 131 Å². The maximum absolute atomic E-state index is 13.5. The highest BCUT2D eigenvalue weighted by atomic mass is 32.2. The van der Waals surface area contributed by atoms with E-state index in [2.05, 4.69) is 5.32 Å². The number of hydrogen-bond donors (Lipinski definition) is 2. The summed E-state index contributed by atoms with van der Waals surface area (Å²) in [5.74, 6) is -0.536. The lowest BCUT2D eigenvalue weighted by atomic mass is 10.0. The van der Waals surface area contributed by atoms with E-state index in [4.69, 9.17) is 0 Å². The minimum Gasteiger partial charge on any atom is -0.465 e. The first-order valence-corrected chi connectivity index (χ1v) is 12.8. The molecule has 2 heterocycles. The fraction of sp³-hybridized carbons (Fsp3) is 0.591. The van der Waals surface area contributed by atoms with Crippen molar-refractivity contribution in [2.24, 2.45) is 0 Å². The summed E-state index contributed by atoms with van der Waals surface area (Å²) in [6.07, 6.45) is -4.52. The van der Waals surface area contributed by atoms with E-state index in [-0.39, 0.29) is 32.1 Å². The van der Waals surface area contributed by atoms with Crippen molar-refractivity contribution in [1.29, 1.82) is 5.26 Å². The van der Waals surface area contributed by atoms with Gasteiger partial charge in [0.15, 0.2) is 9.84 Å². The van der Waals surface area contributed by atoms with Gasteiger partial charge in [-0.15, -0.1) is 0 Å². The highest BCUT2D eigenvalue weighted by Gasteiger charge is 2.51. The van der Waals surface area contributed by atoms with Crippen molar-refractivity contribution in [3.63, 3.8) is 0 Å². The molecule has 2 unspecified atom stereocenters. The standard InChI is InChI=1S/C22H25F3N4O5S/c23-22(24,25)16-3-1-2-4-18(16)35(33,34)15-11-17(19(30)27-21(13-26)7-8-21)29(12-15)14-5-9-28(10-6-14)20(31)32/h1-4,14-15,17H,5-12H2,(H,27,30)(H,31,32). The first-order chi connectivity index (χ1) is 16.4. The largest absolute Gasteiger partial charge is 0.465 e. The second kappa shape index (κ2) is 8.98. The molecule has 2 aliphatic heterocycles. The summed E-state index contributed by atoms with van der Waals surface area (Å²) in [6.45, 7) is 0.229. The zero-order valence-electron chi connectivity index (χ0n) is 18.7. The fourth-order valence-corrected chi connectivity index (χ4v) is 6.86. The fourth-order valence-electron chi connectivity index (χ4n) is 4.93. The molecular weight excluding hydrogens is 489 g/mol. The molecule has 2 saturated heterocycles. The average Bonchev–Trinajstić information content (AvgIpc) is 3.43. The van der Waals surface area contributed by atoms with Gasteiger partial charge in [0, 0.05) is 25.7 Å². The van der Waals surface area contributed by atoms with Gasteiger partial charge in [0.25, 0.3) is 0 Å². The molecule has 3 aliphatic rings. The van der Waals surface area contributed by atoms with Crippen molar-refractivity contribution >= 4 is 21.8 Å². The molecule has 9 nitrogen and oxygen atoms in total. The van der Waals surface area contributed by atoms with Crippen LogP contribution in [0, 0.1) is 11.3 Å². The molecule has 13 heteroatoms. The third-order valence-electron chi connectivity index (χ3n) is 7.07. The number of likely N-dealkylation sites (tertiary alicyclic amines) is 2. The summed E-state index contributed by atoms with van der Waals surface area (Å²) in [5, 5.41) is 20.0. The minimum absolute atomic E-state index is 0.163. The van der Waals surface area contributed by atoms with Crippen LogP contribution in [0.25, 0.3) is 0 Å². The van der Waals surface area contributed by atoms with Crippen molar-refractivity contribution in [3.8, 4) is 6.07 Å². The first-order valence-electron chi connectivity index (χ1n) is 11.2. The number of carboxylic acid groups (broad SMARTS) is 1. The lowest BCUT2D eigenvalue weighted by Gasteiger charge is -2.38. The van der Waals surface area contributed by atoms with E-state index in [9.17, 15) is 41.5 Å². The predicted octanol–water partition coefficient (Wildman–Crippen LogP) is 2.24. The number of sulfone groups is 1. The van der Waals surface area contributed by atoms with Crippen molar-refractivity contribution < 1.29 is 36.3 Å². The molecule has 1 aromatic rings. The molecule has 2 amide bonds. The van der Waals surface area contributed by atoms with Gasteiger partial charge in [-0.2, -0.15) is 18.4 Å². The summed E-state index contributed by atoms with van der Waals surface area (Å²) in [5.41, 5.74) is -2.24. The van der Waals surface area contributed by atoms with Crippen LogP contribution in [0.3, 0.4) is 0 Å². The number of carbonyl (C=O) groups excluding carboxylic acids is 1. The quantitative estimate of drug-likeness (QED) is 0.616. The van der Waals surface area contributed by atoms with Gasteiger partial charge in [0.1, 0.15) is 5.54 Å². The predicted molar refractivity (Wildman–Crippen MR) is 116 cm³/mol. The van der Waals surface area contributed by atoms with Crippen LogP contribution in [0.5, 0.6) is 0 Å². The molecule has 4 rings (SSSR count). The second-order valence-electron chi connectivity index (χ2n) is 9.29. The monoisotopic (exact) mass is 514 g/mol.